The summed E-state index contributed by atoms with van der Waals surface area (Å²) in [6.45, 7) is 0. The molecule has 0 atom stereocenters. The highest BCUT2D eigenvalue weighted by Crippen LogP contribution is 2.28. The van der Waals surface area contributed by atoms with E-state index in [1.165, 1.54) is 18.3 Å². The van der Waals surface area contributed by atoms with Crippen LogP contribution in [-0.2, 0) is 0 Å². The number of benzene rings is 1. The summed E-state index contributed by atoms with van der Waals surface area (Å²) in [7, 11) is 0. The van der Waals surface area contributed by atoms with Crippen LogP contribution >= 0.6 is 11.6 Å². The van der Waals surface area contributed by atoms with Crippen molar-refractivity contribution >= 4 is 22.6 Å². The molecular weight excluding hydrogens is 259 g/mol. The monoisotopic (exact) mass is 264 g/mol. The summed E-state index contributed by atoms with van der Waals surface area (Å²) in [6, 6.07) is 6.03. The maximum Gasteiger partial charge on any atom is 0.234 e. The Labute approximate surface area is 106 Å². The summed E-state index contributed by atoms with van der Waals surface area (Å²) in [4.78, 5) is 7.84. The predicted octanol–water partition coefficient (Wildman–Crippen LogP) is 2.94. The summed E-state index contributed by atoms with van der Waals surface area (Å²) in [5, 5.41) is 6.98. The van der Waals surface area contributed by atoms with Crippen molar-refractivity contribution in [2.75, 3.05) is 0 Å². The minimum atomic E-state index is -0.483. The van der Waals surface area contributed by atoms with Crippen LogP contribution in [0.15, 0.2) is 30.5 Å². The van der Waals surface area contributed by atoms with Crippen molar-refractivity contribution in [2.24, 2.45) is 0 Å². The Hall–Kier alpha value is -2.21. The van der Waals surface area contributed by atoms with Crippen LogP contribution in [0.1, 0.15) is 0 Å². The highest BCUT2D eigenvalue weighted by Gasteiger charge is 2.12. The molecule has 90 valence electrons. The zero-order chi connectivity index (χ0) is 12.5. The predicted molar refractivity (Wildman–Crippen MR) is 63.2 cm³/mol. The summed E-state index contributed by atoms with van der Waals surface area (Å²) in [6.07, 6.45) is 1.49. The smallest absolute Gasteiger partial charge is 0.234 e. The summed E-state index contributed by atoms with van der Waals surface area (Å²) in [5.74, 6) is -0.262. The fourth-order valence-electron chi connectivity index (χ4n) is 1.49. The molecule has 3 aromatic rings. The number of aromatic nitrogens is 4. The molecule has 0 bridgehead atoms. The summed E-state index contributed by atoms with van der Waals surface area (Å²) in [5.41, 5.74) is 0.432. The lowest BCUT2D eigenvalue weighted by atomic mass is 10.3. The Balaban J connectivity index is 2.10. The highest BCUT2D eigenvalue weighted by molar-refractivity contribution is 6.28. The van der Waals surface area contributed by atoms with Gasteiger partial charge in [-0.1, -0.05) is 12.1 Å². The standard InChI is InChI=1S/C11H6ClFN4O/c12-11-15-9-6(5-14-17-9)10(16-11)18-8-4-2-1-3-7(8)13/h1-5H,(H,14,15,16,17). The maximum absolute atomic E-state index is 13.5. The fourth-order valence-corrected chi connectivity index (χ4v) is 1.65. The van der Waals surface area contributed by atoms with Gasteiger partial charge in [-0.05, 0) is 23.7 Å². The molecule has 1 aromatic carbocycles. The third-order valence-electron chi connectivity index (χ3n) is 2.29. The average molecular weight is 265 g/mol. The van der Waals surface area contributed by atoms with Gasteiger partial charge in [-0.2, -0.15) is 15.1 Å². The zero-order valence-corrected chi connectivity index (χ0v) is 9.65. The molecular formula is C11H6ClFN4O. The van der Waals surface area contributed by atoms with E-state index in [0.29, 0.717) is 11.0 Å². The van der Waals surface area contributed by atoms with E-state index < -0.39 is 5.82 Å². The molecule has 1 N–H and O–H groups in total. The van der Waals surface area contributed by atoms with Crippen LogP contribution in [0, 0.1) is 5.82 Å². The van der Waals surface area contributed by atoms with Crippen LogP contribution in [0.3, 0.4) is 0 Å². The topological polar surface area (TPSA) is 63.7 Å². The zero-order valence-electron chi connectivity index (χ0n) is 8.89. The van der Waals surface area contributed by atoms with E-state index in [9.17, 15) is 4.39 Å². The van der Waals surface area contributed by atoms with Crippen LogP contribution in [0.4, 0.5) is 4.39 Å². The lowest BCUT2D eigenvalue weighted by molar-refractivity contribution is 0.432. The molecule has 0 fully saturated rings. The van der Waals surface area contributed by atoms with Gasteiger partial charge in [0.1, 0.15) is 5.39 Å². The van der Waals surface area contributed by atoms with E-state index in [-0.39, 0.29) is 16.9 Å². The Kier molecular flexibility index (Phi) is 2.56. The fraction of sp³-hybridized carbons (Fsp3) is 0. The second-order valence-corrected chi connectivity index (χ2v) is 3.80. The van der Waals surface area contributed by atoms with Crippen LogP contribution in [0.2, 0.25) is 5.28 Å². The number of fused-ring (bicyclic) bond motifs is 1. The molecule has 0 saturated carbocycles. The second-order valence-electron chi connectivity index (χ2n) is 3.46. The third kappa shape index (κ3) is 1.86. The molecule has 0 radical (unpaired) electrons. The van der Waals surface area contributed by atoms with Gasteiger partial charge in [0.25, 0.3) is 0 Å². The lowest BCUT2D eigenvalue weighted by Gasteiger charge is -2.06. The minimum absolute atomic E-state index is 0.00177. The number of nitrogens with zero attached hydrogens (tertiary/aromatic N) is 3. The normalized spacial score (nSPS) is 10.8. The minimum Gasteiger partial charge on any atom is -0.435 e. The van der Waals surface area contributed by atoms with Crippen molar-refractivity contribution in [2.45, 2.75) is 0 Å². The Morgan fingerprint density at radius 1 is 1.22 bits per heavy atom. The Morgan fingerprint density at radius 3 is 2.89 bits per heavy atom. The first kappa shape index (κ1) is 10.9. The summed E-state index contributed by atoms with van der Waals surface area (Å²) < 4.78 is 18.9. The van der Waals surface area contributed by atoms with Crippen molar-refractivity contribution in [3.05, 3.63) is 41.6 Å². The van der Waals surface area contributed by atoms with E-state index in [1.807, 2.05) is 0 Å². The molecule has 7 heteroatoms. The molecule has 5 nitrogen and oxygen atoms in total. The van der Waals surface area contributed by atoms with Crippen LogP contribution < -0.4 is 4.74 Å². The van der Waals surface area contributed by atoms with Gasteiger partial charge in [0.2, 0.25) is 11.2 Å². The molecule has 3 rings (SSSR count). The lowest BCUT2D eigenvalue weighted by Crippen LogP contribution is -1.93. The van der Waals surface area contributed by atoms with E-state index >= 15 is 0 Å². The molecule has 0 aliphatic carbocycles. The molecule has 2 heterocycles. The number of rotatable bonds is 2. The van der Waals surface area contributed by atoms with Crippen molar-refractivity contribution in [1.29, 1.82) is 0 Å². The quantitative estimate of drug-likeness (QED) is 0.723. The first-order valence-electron chi connectivity index (χ1n) is 5.03. The van der Waals surface area contributed by atoms with Crippen LogP contribution in [-0.4, -0.2) is 20.2 Å². The van der Waals surface area contributed by atoms with Gasteiger partial charge in [-0.3, -0.25) is 5.10 Å². The molecule has 18 heavy (non-hydrogen) atoms. The third-order valence-corrected chi connectivity index (χ3v) is 2.46. The number of aromatic amines is 1. The number of nitrogens with one attached hydrogen (secondary N) is 1. The van der Waals surface area contributed by atoms with E-state index in [0.717, 1.165) is 0 Å². The van der Waals surface area contributed by atoms with E-state index in [1.54, 1.807) is 12.1 Å². The molecule has 0 unspecified atom stereocenters. The number of ether oxygens (including phenoxy) is 1. The number of H-pyrrole nitrogens is 1. The van der Waals surface area contributed by atoms with Gasteiger partial charge >= 0.3 is 0 Å². The highest BCUT2D eigenvalue weighted by atomic mass is 35.5. The molecule has 0 spiro atoms. The number of para-hydroxylation sites is 1. The van der Waals surface area contributed by atoms with Gasteiger partial charge in [0, 0.05) is 0 Å². The van der Waals surface area contributed by atoms with Crippen LogP contribution in [0.25, 0.3) is 11.0 Å². The molecule has 0 saturated heterocycles. The maximum atomic E-state index is 13.5. The van der Waals surface area contributed by atoms with E-state index in [2.05, 4.69) is 20.2 Å². The van der Waals surface area contributed by atoms with Crippen molar-refractivity contribution in [3.8, 4) is 11.6 Å². The Morgan fingerprint density at radius 2 is 2.06 bits per heavy atom. The largest absolute Gasteiger partial charge is 0.435 e. The molecule has 0 aliphatic rings. The Bertz CT molecular complexity index is 715. The summed E-state index contributed by atoms with van der Waals surface area (Å²) >= 11 is 5.74. The van der Waals surface area contributed by atoms with Gasteiger partial charge in [-0.25, -0.2) is 4.39 Å². The molecule has 0 aliphatic heterocycles. The van der Waals surface area contributed by atoms with Gasteiger partial charge in [0.05, 0.1) is 6.20 Å². The molecule has 2 aromatic heterocycles. The number of hydrogen-bond donors (Lipinski definition) is 1. The SMILES string of the molecule is Fc1ccccc1Oc1nc(Cl)nc2[nH]ncc12. The van der Waals surface area contributed by atoms with Gasteiger partial charge < -0.3 is 4.74 Å². The number of hydrogen-bond acceptors (Lipinski definition) is 4. The molecule has 0 amide bonds. The van der Waals surface area contributed by atoms with Gasteiger partial charge in [0.15, 0.2) is 17.2 Å². The van der Waals surface area contributed by atoms with Gasteiger partial charge in [-0.15, -0.1) is 0 Å². The second kappa shape index (κ2) is 4.23. The average Bonchev–Trinajstić information content (AvgIpc) is 2.80. The first-order chi connectivity index (χ1) is 8.74. The van der Waals surface area contributed by atoms with Crippen molar-refractivity contribution in [3.63, 3.8) is 0 Å². The first-order valence-corrected chi connectivity index (χ1v) is 5.41. The van der Waals surface area contributed by atoms with Crippen molar-refractivity contribution in [1.82, 2.24) is 20.2 Å². The van der Waals surface area contributed by atoms with Crippen LogP contribution in [0.5, 0.6) is 11.6 Å². The number of halogens is 2. The van der Waals surface area contributed by atoms with E-state index in [4.69, 9.17) is 16.3 Å². The van der Waals surface area contributed by atoms with Crippen molar-refractivity contribution < 1.29 is 9.13 Å².